The van der Waals surface area contributed by atoms with Crippen LogP contribution in [0.5, 0.6) is 0 Å². The Morgan fingerprint density at radius 2 is 1.69 bits per heavy atom. The number of nitrogens with zero attached hydrogens (tertiary/aromatic N) is 1. The van der Waals surface area contributed by atoms with Crippen molar-refractivity contribution in [3.63, 3.8) is 0 Å². The van der Waals surface area contributed by atoms with Crippen molar-refractivity contribution >= 4 is 33.0 Å². The molecule has 1 N–H and O–H groups in total. The Balaban J connectivity index is 1.99. The molecule has 10 heteroatoms. The Morgan fingerprint density at radius 3 is 2.31 bits per heavy atom. The van der Waals surface area contributed by atoms with Crippen LogP contribution in [0.2, 0.25) is 5.02 Å². The Labute approximate surface area is 173 Å². The van der Waals surface area contributed by atoms with E-state index in [0.29, 0.717) is 5.71 Å². The SMILES string of the molecule is O=S(=O)(Nc1ccc(Cl)cc1/C(=N/OC1CCCC1)C1CCCCC1)C(F)(F)F. The average Bonchev–Trinajstić information content (AvgIpc) is 3.17. The number of sulfonamides is 1. The molecule has 3 rings (SSSR count). The van der Waals surface area contributed by atoms with Crippen LogP contribution in [0.4, 0.5) is 18.9 Å². The largest absolute Gasteiger partial charge is 0.516 e. The van der Waals surface area contributed by atoms with Crippen LogP contribution < -0.4 is 4.72 Å². The van der Waals surface area contributed by atoms with E-state index in [1.165, 1.54) is 18.2 Å². The summed E-state index contributed by atoms with van der Waals surface area (Å²) in [5.41, 5.74) is -4.94. The van der Waals surface area contributed by atoms with Crippen molar-refractivity contribution in [2.45, 2.75) is 69.4 Å². The van der Waals surface area contributed by atoms with Crippen LogP contribution in [0.1, 0.15) is 63.4 Å². The Morgan fingerprint density at radius 1 is 1.07 bits per heavy atom. The minimum absolute atomic E-state index is 0.0249. The fraction of sp³-hybridized carbons (Fsp3) is 0.632. The van der Waals surface area contributed by atoms with Crippen LogP contribution in [0, 0.1) is 5.92 Å². The van der Waals surface area contributed by atoms with Crippen molar-refractivity contribution in [3.05, 3.63) is 28.8 Å². The molecule has 0 saturated heterocycles. The summed E-state index contributed by atoms with van der Waals surface area (Å²) < 4.78 is 63.7. The van der Waals surface area contributed by atoms with Gasteiger partial charge in [-0.2, -0.15) is 21.6 Å². The van der Waals surface area contributed by atoms with Crippen molar-refractivity contribution in [3.8, 4) is 0 Å². The van der Waals surface area contributed by atoms with Crippen molar-refractivity contribution in [1.82, 2.24) is 0 Å². The van der Waals surface area contributed by atoms with E-state index in [2.05, 4.69) is 5.16 Å². The fourth-order valence-corrected chi connectivity index (χ4v) is 4.62. The van der Waals surface area contributed by atoms with Gasteiger partial charge in [0.2, 0.25) is 0 Å². The average molecular weight is 453 g/mol. The second-order valence-electron chi connectivity index (χ2n) is 7.56. The first-order chi connectivity index (χ1) is 13.7. The summed E-state index contributed by atoms with van der Waals surface area (Å²) in [6.07, 6.45) is 8.47. The summed E-state index contributed by atoms with van der Waals surface area (Å²) in [6, 6.07) is 4.02. The smallest absolute Gasteiger partial charge is 0.392 e. The lowest BCUT2D eigenvalue weighted by molar-refractivity contribution is -0.0429. The van der Waals surface area contributed by atoms with Gasteiger partial charge in [-0.3, -0.25) is 4.72 Å². The zero-order valence-corrected chi connectivity index (χ0v) is 17.4. The molecular formula is C19H24ClF3N2O3S. The Bertz CT molecular complexity index is 847. The zero-order chi connectivity index (χ0) is 21.1. The summed E-state index contributed by atoms with van der Waals surface area (Å²) in [7, 11) is -5.57. The third-order valence-electron chi connectivity index (χ3n) is 5.40. The van der Waals surface area contributed by atoms with E-state index in [-0.39, 0.29) is 28.3 Å². The predicted octanol–water partition coefficient (Wildman–Crippen LogP) is 5.85. The number of hydrogen-bond acceptors (Lipinski definition) is 4. The zero-order valence-electron chi connectivity index (χ0n) is 15.8. The molecule has 0 bridgehead atoms. The molecule has 162 valence electrons. The number of nitrogens with one attached hydrogen (secondary N) is 1. The van der Waals surface area contributed by atoms with Crippen molar-refractivity contribution < 1.29 is 26.4 Å². The molecule has 2 fully saturated rings. The van der Waals surface area contributed by atoms with Crippen LogP contribution in [0.25, 0.3) is 0 Å². The van der Waals surface area contributed by atoms with Gasteiger partial charge in [0.05, 0.1) is 11.4 Å². The van der Waals surface area contributed by atoms with E-state index in [1.807, 2.05) is 0 Å². The van der Waals surface area contributed by atoms with Gasteiger partial charge in [0.15, 0.2) is 0 Å². The van der Waals surface area contributed by atoms with Crippen molar-refractivity contribution in [1.29, 1.82) is 0 Å². The number of halogens is 4. The van der Waals surface area contributed by atoms with Gasteiger partial charge in [-0.05, 0) is 56.7 Å². The number of oxime groups is 1. The molecule has 0 aromatic heterocycles. The third kappa shape index (κ3) is 5.57. The molecule has 5 nitrogen and oxygen atoms in total. The van der Waals surface area contributed by atoms with Crippen molar-refractivity contribution in [2.75, 3.05) is 4.72 Å². The lowest BCUT2D eigenvalue weighted by Gasteiger charge is -2.25. The predicted molar refractivity (Wildman–Crippen MR) is 107 cm³/mol. The molecule has 1 aromatic rings. The monoisotopic (exact) mass is 452 g/mol. The maximum atomic E-state index is 12.9. The van der Waals surface area contributed by atoms with Gasteiger partial charge in [0, 0.05) is 16.5 Å². The molecule has 0 radical (unpaired) electrons. The van der Waals surface area contributed by atoms with Gasteiger partial charge < -0.3 is 4.84 Å². The first kappa shape index (κ1) is 22.2. The second kappa shape index (κ2) is 9.12. The molecule has 0 aliphatic heterocycles. The first-order valence-corrected chi connectivity index (χ1v) is 11.7. The summed E-state index contributed by atoms with van der Waals surface area (Å²) >= 11 is 6.09. The maximum Gasteiger partial charge on any atom is 0.516 e. The van der Waals surface area contributed by atoms with Crippen LogP contribution in [-0.4, -0.2) is 25.7 Å². The Hall–Kier alpha value is -1.48. The highest BCUT2D eigenvalue weighted by atomic mass is 35.5. The molecule has 2 aliphatic rings. The third-order valence-corrected chi connectivity index (χ3v) is 6.73. The standard InChI is InChI=1S/C19H24ClF3N2O3S/c20-14-10-11-17(25-29(26,27)19(21,22)23)16(12-14)18(13-6-2-1-3-7-13)24-28-15-8-4-5-9-15/h10-13,15,25H,1-9H2/b24-18+. The van der Waals surface area contributed by atoms with Crippen LogP contribution in [0.3, 0.4) is 0 Å². The van der Waals surface area contributed by atoms with Crippen LogP contribution >= 0.6 is 11.6 Å². The highest BCUT2D eigenvalue weighted by Gasteiger charge is 2.46. The minimum atomic E-state index is -5.57. The minimum Gasteiger partial charge on any atom is -0.392 e. The van der Waals surface area contributed by atoms with Gasteiger partial charge >= 0.3 is 15.5 Å². The first-order valence-electron chi connectivity index (χ1n) is 9.80. The van der Waals surface area contributed by atoms with Gasteiger partial charge in [0.1, 0.15) is 6.10 Å². The molecule has 0 amide bonds. The van der Waals surface area contributed by atoms with E-state index >= 15 is 0 Å². The molecule has 0 heterocycles. The van der Waals surface area contributed by atoms with Crippen molar-refractivity contribution in [2.24, 2.45) is 11.1 Å². The molecule has 0 unspecified atom stereocenters. The van der Waals surface area contributed by atoms with E-state index in [1.54, 1.807) is 4.72 Å². The molecule has 29 heavy (non-hydrogen) atoms. The lowest BCUT2D eigenvalue weighted by atomic mass is 9.83. The molecule has 2 aliphatic carbocycles. The molecule has 2 saturated carbocycles. The highest BCUT2D eigenvalue weighted by molar-refractivity contribution is 7.93. The molecule has 1 aromatic carbocycles. The summed E-state index contributed by atoms with van der Waals surface area (Å²) in [5.74, 6) is -0.0299. The second-order valence-corrected chi connectivity index (χ2v) is 9.67. The van der Waals surface area contributed by atoms with E-state index in [9.17, 15) is 21.6 Å². The number of hydrogen-bond donors (Lipinski definition) is 1. The fourth-order valence-electron chi connectivity index (χ4n) is 3.86. The van der Waals surface area contributed by atoms with Crippen LogP contribution in [0.15, 0.2) is 23.4 Å². The van der Waals surface area contributed by atoms with Crippen LogP contribution in [-0.2, 0) is 14.9 Å². The van der Waals surface area contributed by atoms with E-state index in [4.69, 9.17) is 16.4 Å². The maximum absolute atomic E-state index is 12.9. The molecule has 0 atom stereocenters. The molecular weight excluding hydrogens is 429 g/mol. The van der Waals surface area contributed by atoms with Gasteiger partial charge in [-0.25, -0.2) is 0 Å². The van der Waals surface area contributed by atoms with Gasteiger partial charge in [0.25, 0.3) is 0 Å². The van der Waals surface area contributed by atoms with E-state index < -0.39 is 15.5 Å². The topological polar surface area (TPSA) is 67.8 Å². The number of benzene rings is 1. The highest BCUT2D eigenvalue weighted by Crippen LogP contribution is 2.34. The number of rotatable bonds is 6. The normalized spacial score (nSPS) is 20.1. The summed E-state index contributed by atoms with van der Waals surface area (Å²) in [6.45, 7) is 0. The quantitative estimate of drug-likeness (QED) is 0.435. The summed E-state index contributed by atoms with van der Waals surface area (Å²) in [5, 5.41) is 4.61. The van der Waals surface area contributed by atoms with Gasteiger partial charge in [-0.15, -0.1) is 0 Å². The number of alkyl halides is 3. The van der Waals surface area contributed by atoms with E-state index in [0.717, 1.165) is 57.8 Å². The Kier molecular flexibility index (Phi) is 6.98. The van der Waals surface area contributed by atoms with Gasteiger partial charge in [-0.1, -0.05) is 36.0 Å². The number of anilines is 1. The molecule has 0 spiro atoms. The summed E-state index contributed by atoms with van der Waals surface area (Å²) in [4.78, 5) is 5.71. The lowest BCUT2D eigenvalue weighted by Crippen LogP contribution is -2.31.